The first-order valence-corrected chi connectivity index (χ1v) is 11.5. The van der Waals surface area contributed by atoms with Gasteiger partial charge in [0.05, 0.1) is 43.2 Å². The van der Waals surface area contributed by atoms with Crippen LogP contribution in [0.15, 0.2) is 48.5 Å². The van der Waals surface area contributed by atoms with Crippen LogP contribution in [0.4, 0.5) is 5.95 Å². The Balaban J connectivity index is 1.46. The van der Waals surface area contributed by atoms with Crippen molar-refractivity contribution in [2.24, 2.45) is 0 Å². The lowest BCUT2D eigenvalue weighted by Crippen LogP contribution is -2.38. The van der Waals surface area contributed by atoms with Crippen molar-refractivity contribution in [3.8, 4) is 23.4 Å². The van der Waals surface area contributed by atoms with Crippen LogP contribution in [-0.4, -0.2) is 54.8 Å². The van der Waals surface area contributed by atoms with E-state index in [4.69, 9.17) is 24.2 Å². The summed E-state index contributed by atoms with van der Waals surface area (Å²) >= 11 is 0. The van der Waals surface area contributed by atoms with Crippen LogP contribution in [0.3, 0.4) is 0 Å². The highest BCUT2D eigenvalue weighted by Crippen LogP contribution is 2.35. The number of aromatic nitrogens is 2. The van der Waals surface area contributed by atoms with E-state index in [1.165, 1.54) is 0 Å². The summed E-state index contributed by atoms with van der Waals surface area (Å²) in [7, 11) is 1.63. The Morgan fingerprint density at radius 3 is 2.65 bits per heavy atom. The fourth-order valence-electron chi connectivity index (χ4n) is 4.36. The quantitative estimate of drug-likeness (QED) is 0.556. The number of fused-ring (bicyclic) bond motifs is 1. The van der Waals surface area contributed by atoms with Gasteiger partial charge in [0.25, 0.3) is 0 Å². The molecule has 0 atom stereocenters. The zero-order valence-electron chi connectivity index (χ0n) is 19.2. The summed E-state index contributed by atoms with van der Waals surface area (Å²) in [5.74, 6) is 2.52. The number of rotatable bonds is 6. The predicted octanol–water partition coefficient (Wildman–Crippen LogP) is 3.54. The zero-order valence-corrected chi connectivity index (χ0v) is 19.2. The third-order valence-corrected chi connectivity index (χ3v) is 6.12. The fourth-order valence-corrected chi connectivity index (χ4v) is 4.36. The van der Waals surface area contributed by atoms with Gasteiger partial charge in [-0.15, -0.1) is 0 Å². The molecule has 8 nitrogen and oxygen atoms in total. The first kappa shape index (κ1) is 22.1. The number of nitrogens with zero attached hydrogens (tertiary/aromatic N) is 5. The average molecular weight is 458 g/mol. The van der Waals surface area contributed by atoms with Gasteiger partial charge in [0.1, 0.15) is 0 Å². The molecular formula is C26H27N5O3. The zero-order chi connectivity index (χ0) is 23.3. The molecule has 3 heterocycles. The lowest BCUT2D eigenvalue weighted by Gasteiger charge is -2.32. The predicted molar refractivity (Wildman–Crippen MR) is 127 cm³/mol. The largest absolute Gasteiger partial charge is 0.493 e. The van der Waals surface area contributed by atoms with Gasteiger partial charge in [0, 0.05) is 39.1 Å². The fraction of sp³-hybridized carbons (Fsp3) is 0.346. The molecule has 0 aliphatic carbocycles. The Morgan fingerprint density at radius 2 is 1.85 bits per heavy atom. The Morgan fingerprint density at radius 1 is 1.03 bits per heavy atom. The third kappa shape index (κ3) is 4.81. The maximum atomic E-state index is 9.23. The molecule has 0 amide bonds. The summed E-state index contributed by atoms with van der Waals surface area (Å²) in [4.78, 5) is 14.3. The van der Waals surface area contributed by atoms with Crippen LogP contribution in [0, 0.1) is 11.3 Å². The van der Waals surface area contributed by atoms with E-state index in [1.54, 1.807) is 7.11 Å². The van der Waals surface area contributed by atoms with Crippen molar-refractivity contribution in [1.82, 2.24) is 14.9 Å². The minimum absolute atomic E-state index is 0.562. The topological polar surface area (TPSA) is 83.7 Å². The van der Waals surface area contributed by atoms with Gasteiger partial charge in [-0.25, -0.2) is 4.98 Å². The van der Waals surface area contributed by atoms with Crippen molar-refractivity contribution in [3.05, 3.63) is 70.9 Å². The normalized spacial score (nSPS) is 15.9. The number of hydrogen-bond donors (Lipinski definition) is 0. The Bertz CT molecular complexity index is 1200. The van der Waals surface area contributed by atoms with Gasteiger partial charge < -0.3 is 19.1 Å². The second-order valence-corrected chi connectivity index (χ2v) is 8.38. The first-order valence-electron chi connectivity index (χ1n) is 11.5. The number of morpholine rings is 1. The molecule has 1 fully saturated rings. The highest BCUT2D eigenvalue weighted by Gasteiger charge is 2.26. The third-order valence-electron chi connectivity index (χ3n) is 6.12. The molecule has 34 heavy (non-hydrogen) atoms. The number of hydrogen-bond acceptors (Lipinski definition) is 8. The standard InChI is InChI=1S/C26H27N5O3/c1-32-23-7-2-3-8-24(23)34-25-21-18-30(17-20-6-4-5-19(15-20)16-27)10-9-22(21)28-26(29-25)31-11-13-33-14-12-31/h2-8,15H,9-14,17-18H2,1H3. The lowest BCUT2D eigenvalue weighted by molar-refractivity contribution is 0.122. The summed E-state index contributed by atoms with van der Waals surface area (Å²) in [5.41, 5.74) is 3.79. The number of anilines is 1. The van der Waals surface area contributed by atoms with Crippen LogP contribution in [0.1, 0.15) is 22.4 Å². The highest BCUT2D eigenvalue weighted by molar-refractivity contribution is 5.47. The van der Waals surface area contributed by atoms with Gasteiger partial charge in [0.15, 0.2) is 11.5 Å². The second-order valence-electron chi connectivity index (χ2n) is 8.38. The molecule has 0 bridgehead atoms. The average Bonchev–Trinajstić information content (AvgIpc) is 2.89. The van der Waals surface area contributed by atoms with E-state index >= 15 is 0 Å². The van der Waals surface area contributed by atoms with Gasteiger partial charge >= 0.3 is 0 Å². The van der Waals surface area contributed by atoms with Gasteiger partial charge in [0.2, 0.25) is 11.8 Å². The molecule has 1 aromatic heterocycles. The molecular weight excluding hydrogens is 430 g/mol. The number of methoxy groups -OCH3 is 1. The molecule has 8 heteroatoms. The number of nitriles is 1. The van der Waals surface area contributed by atoms with Crippen LogP contribution >= 0.6 is 0 Å². The Kier molecular flexibility index (Phi) is 6.56. The van der Waals surface area contributed by atoms with Crippen molar-refractivity contribution in [1.29, 1.82) is 5.26 Å². The molecule has 3 aromatic rings. The van der Waals surface area contributed by atoms with Gasteiger partial charge in [-0.1, -0.05) is 24.3 Å². The van der Waals surface area contributed by atoms with E-state index in [-0.39, 0.29) is 0 Å². The minimum atomic E-state index is 0.562. The van der Waals surface area contributed by atoms with Crippen LogP contribution in [-0.2, 0) is 24.2 Å². The van der Waals surface area contributed by atoms with Gasteiger partial charge in [-0.05, 0) is 29.8 Å². The molecule has 0 spiro atoms. The summed E-state index contributed by atoms with van der Waals surface area (Å²) in [6.07, 6.45) is 0.801. The molecule has 0 unspecified atom stereocenters. The van der Waals surface area contributed by atoms with E-state index in [0.29, 0.717) is 48.6 Å². The molecule has 0 saturated carbocycles. The van der Waals surface area contributed by atoms with E-state index in [9.17, 15) is 5.26 Å². The van der Waals surface area contributed by atoms with Crippen molar-refractivity contribution >= 4 is 5.95 Å². The van der Waals surface area contributed by atoms with Gasteiger partial charge in [-0.2, -0.15) is 10.2 Å². The van der Waals surface area contributed by atoms with Crippen molar-refractivity contribution in [2.75, 3.05) is 44.9 Å². The van der Waals surface area contributed by atoms with E-state index < -0.39 is 0 Å². The number of para-hydroxylation sites is 2. The van der Waals surface area contributed by atoms with Gasteiger partial charge in [-0.3, -0.25) is 4.90 Å². The Labute approximate surface area is 199 Å². The monoisotopic (exact) mass is 457 g/mol. The van der Waals surface area contributed by atoms with Crippen molar-refractivity contribution in [3.63, 3.8) is 0 Å². The number of ether oxygens (including phenoxy) is 3. The molecule has 5 rings (SSSR count). The summed E-state index contributed by atoms with van der Waals surface area (Å²) in [6, 6.07) is 17.6. The molecule has 2 aromatic carbocycles. The SMILES string of the molecule is COc1ccccc1Oc1nc(N2CCOCC2)nc2c1CN(Cc1cccc(C#N)c1)CC2. The summed E-state index contributed by atoms with van der Waals surface area (Å²) in [6.45, 7) is 5.13. The maximum absolute atomic E-state index is 9.23. The van der Waals surface area contributed by atoms with E-state index in [0.717, 1.165) is 49.4 Å². The van der Waals surface area contributed by atoms with Crippen LogP contribution in [0.5, 0.6) is 17.4 Å². The maximum Gasteiger partial charge on any atom is 0.229 e. The molecule has 1 saturated heterocycles. The summed E-state index contributed by atoms with van der Waals surface area (Å²) < 4.78 is 17.4. The lowest BCUT2D eigenvalue weighted by atomic mass is 10.0. The molecule has 0 radical (unpaired) electrons. The molecule has 174 valence electrons. The van der Waals surface area contributed by atoms with Crippen molar-refractivity contribution < 1.29 is 14.2 Å². The first-order chi connectivity index (χ1) is 16.7. The second kappa shape index (κ2) is 10.1. The Hall–Kier alpha value is -3.67. The van der Waals surface area contributed by atoms with Crippen LogP contribution < -0.4 is 14.4 Å². The molecule has 2 aliphatic heterocycles. The van der Waals surface area contributed by atoms with Crippen LogP contribution in [0.2, 0.25) is 0 Å². The summed E-state index contributed by atoms with van der Waals surface area (Å²) in [5, 5.41) is 9.23. The van der Waals surface area contributed by atoms with E-state index in [1.807, 2.05) is 42.5 Å². The molecule has 2 aliphatic rings. The van der Waals surface area contributed by atoms with Crippen molar-refractivity contribution in [2.45, 2.75) is 19.5 Å². The molecule has 0 N–H and O–H groups in total. The highest BCUT2D eigenvalue weighted by atomic mass is 16.5. The minimum Gasteiger partial charge on any atom is -0.493 e. The number of benzene rings is 2. The smallest absolute Gasteiger partial charge is 0.229 e. The van der Waals surface area contributed by atoms with Crippen LogP contribution in [0.25, 0.3) is 0 Å². The van der Waals surface area contributed by atoms with E-state index in [2.05, 4.69) is 21.9 Å².